The van der Waals surface area contributed by atoms with Crippen LogP contribution < -0.4 is 10.6 Å². The first-order valence-corrected chi connectivity index (χ1v) is 10.2. The van der Waals surface area contributed by atoms with Crippen molar-refractivity contribution in [3.8, 4) is 0 Å². The summed E-state index contributed by atoms with van der Waals surface area (Å²) in [5, 5.41) is 5.89. The topological polar surface area (TPSA) is 96.3 Å². The van der Waals surface area contributed by atoms with Gasteiger partial charge in [0.2, 0.25) is 11.9 Å². The number of guanidine groups is 1. The highest BCUT2D eigenvalue weighted by atomic mass is 35.5. The minimum absolute atomic E-state index is 0.0453. The third-order valence-corrected chi connectivity index (χ3v) is 5.35. The van der Waals surface area contributed by atoms with Gasteiger partial charge in [0.25, 0.3) is 10.0 Å². The van der Waals surface area contributed by atoms with E-state index in [1.165, 1.54) is 12.1 Å². The Kier molecular flexibility index (Phi) is 5.91. The van der Waals surface area contributed by atoms with E-state index in [1.807, 2.05) is 38.1 Å². The average molecular weight is 416 g/mol. The van der Waals surface area contributed by atoms with Crippen LogP contribution in [0.15, 0.2) is 70.0 Å². The molecule has 0 atom stereocenters. The van der Waals surface area contributed by atoms with Crippen LogP contribution in [-0.4, -0.2) is 24.3 Å². The van der Waals surface area contributed by atoms with E-state index in [4.69, 9.17) is 11.6 Å². The van der Waals surface area contributed by atoms with Crippen LogP contribution in [0, 0.1) is 13.8 Å². The summed E-state index contributed by atoms with van der Waals surface area (Å²) in [6.07, 6.45) is 0. The third-order valence-electron chi connectivity index (χ3n) is 3.58. The summed E-state index contributed by atoms with van der Waals surface area (Å²) in [6, 6.07) is 17.0. The minimum Gasteiger partial charge on any atom is -0.325 e. The molecule has 144 valence electrons. The van der Waals surface area contributed by atoms with Gasteiger partial charge < -0.3 is 5.32 Å². The molecule has 0 amide bonds. The highest BCUT2D eigenvalue weighted by Gasteiger charge is 2.18. The van der Waals surface area contributed by atoms with Gasteiger partial charge in [-0.25, -0.2) is 9.97 Å². The molecule has 0 spiro atoms. The van der Waals surface area contributed by atoms with Crippen molar-refractivity contribution in [2.24, 2.45) is 4.40 Å². The summed E-state index contributed by atoms with van der Waals surface area (Å²) < 4.78 is 29.5. The molecule has 7 nitrogen and oxygen atoms in total. The van der Waals surface area contributed by atoms with E-state index in [1.54, 1.807) is 24.3 Å². The number of aromatic nitrogens is 2. The van der Waals surface area contributed by atoms with Crippen LogP contribution in [0.4, 0.5) is 11.6 Å². The number of hydrogen-bond acceptors (Lipinski definition) is 4. The summed E-state index contributed by atoms with van der Waals surface area (Å²) in [6.45, 7) is 3.64. The first-order chi connectivity index (χ1) is 13.3. The Morgan fingerprint density at radius 2 is 1.54 bits per heavy atom. The Hall–Kier alpha value is -2.97. The van der Waals surface area contributed by atoms with Crippen LogP contribution in [0.25, 0.3) is 0 Å². The molecule has 0 aliphatic heterocycles. The van der Waals surface area contributed by atoms with Gasteiger partial charge >= 0.3 is 0 Å². The van der Waals surface area contributed by atoms with Crippen molar-refractivity contribution >= 4 is 39.2 Å². The fourth-order valence-corrected chi connectivity index (χ4v) is 3.87. The zero-order valence-corrected chi connectivity index (χ0v) is 16.8. The van der Waals surface area contributed by atoms with Crippen molar-refractivity contribution < 1.29 is 8.42 Å². The Labute approximate surface area is 168 Å². The van der Waals surface area contributed by atoms with Crippen LogP contribution in [0.1, 0.15) is 11.4 Å². The molecule has 1 aromatic heterocycles. The summed E-state index contributed by atoms with van der Waals surface area (Å²) in [4.78, 5) is 8.45. The first-order valence-electron chi connectivity index (χ1n) is 8.34. The molecular formula is C19H18ClN5O2S. The largest absolute Gasteiger partial charge is 0.325 e. The fourth-order valence-electron chi connectivity index (χ4n) is 2.45. The molecule has 9 heteroatoms. The Balaban J connectivity index is 2.02. The number of benzene rings is 2. The van der Waals surface area contributed by atoms with Crippen molar-refractivity contribution in [2.75, 3.05) is 10.6 Å². The van der Waals surface area contributed by atoms with Gasteiger partial charge in [-0.15, -0.1) is 4.40 Å². The van der Waals surface area contributed by atoms with E-state index in [2.05, 4.69) is 25.0 Å². The van der Waals surface area contributed by atoms with Gasteiger partial charge in [0.1, 0.15) is 4.90 Å². The van der Waals surface area contributed by atoms with E-state index in [9.17, 15) is 8.42 Å². The van der Waals surface area contributed by atoms with Crippen molar-refractivity contribution in [1.82, 2.24) is 9.97 Å². The number of anilines is 2. The van der Waals surface area contributed by atoms with Crippen LogP contribution in [0.3, 0.4) is 0 Å². The van der Waals surface area contributed by atoms with Gasteiger partial charge in [-0.05, 0) is 44.2 Å². The van der Waals surface area contributed by atoms with Crippen LogP contribution in [-0.2, 0) is 10.0 Å². The van der Waals surface area contributed by atoms with Crippen molar-refractivity contribution in [3.05, 3.63) is 77.1 Å². The molecule has 2 N–H and O–H groups in total. The Bertz CT molecular complexity index is 1100. The maximum atomic E-state index is 12.8. The lowest BCUT2D eigenvalue weighted by molar-refractivity contribution is 0.598. The van der Waals surface area contributed by atoms with E-state index in [0.717, 1.165) is 11.4 Å². The summed E-state index contributed by atoms with van der Waals surface area (Å²) in [5.41, 5.74) is 2.12. The molecule has 28 heavy (non-hydrogen) atoms. The third kappa shape index (κ3) is 5.05. The average Bonchev–Trinajstić information content (AvgIpc) is 2.61. The number of nitrogens with one attached hydrogen (secondary N) is 2. The quantitative estimate of drug-likeness (QED) is 0.493. The monoisotopic (exact) mass is 415 g/mol. The second-order valence-electron chi connectivity index (χ2n) is 5.94. The highest BCUT2D eigenvalue weighted by molar-refractivity contribution is 7.90. The van der Waals surface area contributed by atoms with Crippen LogP contribution >= 0.6 is 11.6 Å². The predicted molar refractivity (Wildman–Crippen MR) is 111 cm³/mol. The molecule has 1 heterocycles. The number of aryl methyl sites for hydroxylation is 2. The lowest BCUT2D eigenvalue weighted by Crippen LogP contribution is -2.25. The molecule has 0 saturated carbocycles. The predicted octanol–water partition coefficient (Wildman–Crippen LogP) is 4.02. The zero-order valence-electron chi connectivity index (χ0n) is 15.2. The molecule has 3 aromatic rings. The smallest absolute Gasteiger partial charge is 0.287 e. The van der Waals surface area contributed by atoms with E-state index >= 15 is 0 Å². The number of para-hydroxylation sites is 1. The SMILES string of the molecule is Cc1cc(C)nc(NC(=NS(=O)(=O)c2ccccc2Cl)Nc2ccccc2)n1. The number of hydrogen-bond donors (Lipinski definition) is 2. The summed E-state index contributed by atoms with van der Waals surface area (Å²) in [7, 11) is -4.08. The molecule has 0 saturated heterocycles. The van der Waals surface area contributed by atoms with Gasteiger partial charge in [-0.1, -0.05) is 41.9 Å². The van der Waals surface area contributed by atoms with Crippen molar-refractivity contribution in [1.29, 1.82) is 0 Å². The van der Waals surface area contributed by atoms with Crippen molar-refractivity contribution in [3.63, 3.8) is 0 Å². The molecule has 0 fully saturated rings. The molecule has 0 unspecified atom stereocenters. The maximum Gasteiger partial charge on any atom is 0.287 e. The number of halogens is 1. The van der Waals surface area contributed by atoms with E-state index < -0.39 is 10.0 Å². The Morgan fingerprint density at radius 1 is 0.929 bits per heavy atom. The van der Waals surface area contributed by atoms with Gasteiger partial charge in [0.15, 0.2) is 0 Å². The van der Waals surface area contributed by atoms with Gasteiger partial charge in [-0.3, -0.25) is 5.32 Å². The van der Waals surface area contributed by atoms with Crippen LogP contribution in [0.2, 0.25) is 5.02 Å². The standard InChI is InChI=1S/C19H18ClN5O2S/c1-13-12-14(2)22-18(21-13)24-19(23-15-8-4-3-5-9-15)25-28(26,27)17-11-7-6-10-16(17)20/h3-12H,1-2H3,(H2,21,22,23,24,25). The molecule has 3 rings (SSSR count). The lowest BCUT2D eigenvalue weighted by Gasteiger charge is -2.12. The molecular weight excluding hydrogens is 398 g/mol. The minimum atomic E-state index is -4.08. The fraction of sp³-hybridized carbons (Fsp3) is 0.105. The molecule has 0 aliphatic rings. The van der Waals surface area contributed by atoms with E-state index in [-0.39, 0.29) is 21.8 Å². The molecule has 2 aromatic carbocycles. The maximum absolute atomic E-state index is 12.8. The molecule has 0 bridgehead atoms. The van der Waals surface area contributed by atoms with Crippen molar-refractivity contribution in [2.45, 2.75) is 18.7 Å². The van der Waals surface area contributed by atoms with Gasteiger partial charge in [0, 0.05) is 17.1 Å². The molecule has 0 radical (unpaired) electrons. The number of nitrogens with zero attached hydrogens (tertiary/aromatic N) is 3. The first kappa shape index (κ1) is 19.8. The van der Waals surface area contributed by atoms with Crippen LogP contribution in [0.5, 0.6) is 0 Å². The van der Waals surface area contributed by atoms with Gasteiger partial charge in [-0.2, -0.15) is 8.42 Å². The number of rotatable bonds is 4. The second-order valence-corrected chi connectivity index (χ2v) is 7.92. The van der Waals surface area contributed by atoms with Gasteiger partial charge in [0.05, 0.1) is 5.02 Å². The molecule has 0 aliphatic carbocycles. The van der Waals surface area contributed by atoms with E-state index in [0.29, 0.717) is 5.69 Å². The summed E-state index contributed by atoms with van der Waals surface area (Å²) in [5.74, 6) is 0.185. The normalized spacial score (nSPS) is 11.9. The highest BCUT2D eigenvalue weighted by Crippen LogP contribution is 2.22. The number of sulfonamides is 1. The second kappa shape index (κ2) is 8.37. The zero-order chi connectivity index (χ0) is 20.1. The lowest BCUT2D eigenvalue weighted by atomic mass is 10.3. The summed E-state index contributed by atoms with van der Waals surface area (Å²) >= 11 is 6.04. The Morgan fingerprint density at radius 3 is 2.18 bits per heavy atom.